The SMILES string of the molecule is O=C(O)[C@H]1CC[C@H]1c1ccccc1. The molecule has 0 spiro atoms. The first-order valence-electron chi connectivity index (χ1n) is 4.57. The van der Waals surface area contributed by atoms with Crippen molar-refractivity contribution in [1.82, 2.24) is 0 Å². The summed E-state index contributed by atoms with van der Waals surface area (Å²) in [6.07, 6.45) is 1.84. The fourth-order valence-corrected chi connectivity index (χ4v) is 1.89. The molecular weight excluding hydrogens is 164 g/mol. The quantitative estimate of drug-likeness (QED) is 0.750. The molecule has 0 amide bonds. The van der Waals surface area contributed by atoms with Gasteiger partial charge in [-0.15, -0.1) is 0 Å². The van der Waals surface area contributed by atoms with Crippen LogP contribution in [0.1, 0.15) is 24.3 Å². The third-order valence-corrected chi connectivity index (χ3v) is 2.82. The van der Waals surface area contributed by atoms with Crippen molar-refractivity contribution in [2.45, 2.75) is 18.8 Å². The standard InChI is InChI=1S/C11H12O2/c12-11(13)10-7-6-9(10)8-4-2-1-3-5-8/h1-5,9-10H,6-7H2,(H,12,13)/t9-,10-/m0/s1. The minimum atomic E-state index is -0.653. The number of hydrogen-bond acceptors (Lipinski definition) is 1. The van der Waals surface area contributed by atoms with Crippen LogP contribution in [0.25, 0.3) is 0 Å². The van der Waals surface area contributed by atoms with Crippen LogP contribution in [0.5, 0.6) is 0 Å². The molecule has 0 saturated heterocycles. The zero-order valence-electron chi connectivity index (χ0n) is 7.31. The van der Waals surface area contributed by atoms with Crippen LogP contribution in [-0.4, -0.2) is 11.1 Å². The van der Waals surface area contributed by atoms with E-state index in [9.17, 15) is 4.79 Å². The normalized spacial score (nSPS) is 26.5. The molecule has 2 nitrogen and oxygen atoms in total. The summed E-state index contributed by atoms with van der Waals surface area (Å²) >= 11 is 0. The second kappa shape index (κ2) is 3.21. The number of carboxylic acid groups (broad SMARTS) is 1. The van der Waals surface area contributed by atoms with Gasteiger partial charge < -0.3 is 5.11 Å². The van der Waals surface area contributed by atoms with Gasteiger partial charge in [-0.25, -0.2) is 0 Å². The Morgan fingerprint density at radius 2 is 1.92 bits per heavy atom. The van der Waals surface area contributed by atoms with E-state index < -0.39 is 5.97 Å². The molecule has 1 aliphatic carbocycles. The molecule has 1 aliphatic rings. The molecule has 68 valence electrons. The lowest BCUT2D eigenvalue weighted by Crippen LogP contribution is -2.30. The number of rotatable bonds is 2. The van der Waals surface area contributed by atoms with E-state index in [1.807, 2.05) is 30.3 Å². The summed E-state index contributed by atoms with van der Waals surface area (Å²) < 4.78 is 0. The Hall–Kier alpha value is -1.31. The molecule has 1 fully saturated rings. The van der Waals surface area contributed by atoms with Crippen molar-refractivity contribution >= 4 is 5.97 Å². The second-order valence-corrected chi connectivity index (χ2v) is 3.54. The minimum Gasteiger partial charge on any atom is -0.481 e. The molecule has 0 radical (unpaired) electrons. The van der Waals surface area contributed by atoms with E-state index in [0.29, 0.717) is 0 Å². The molecule has 1 saturated carbocycles. The van der Waals surface area contributed by atoms with Crippen molar-refractivity contribution in [3.8, 4) is 0 Å². The Balaban J connectivity index is 2.15. The topological polar surface area (TPSA) is 37.3 Å². The number of carbonyl (C=O) groups is 1. The molecule has 2 atom stereocenters. The largest absolute Gasteiger partial charge is 0.481 e. The molecule has 1 aromatic rings. The summed E-state index contributed by atoms with van der Waals surface area (Å²) in [6.45, 7) is 0. The first-order chi connectivity index (χ1) is 6.29. The van der Waals surface area contributed by atoms with Gasteiger partial charge in [0.05, 0.1) is 5.92 Å². The molecule has 0 bridgehead atoms. The van der Waals surface area contributed by atoms with Gasteiger partial charge in [0.15, 0.2) is 0 Å². The Kier molecular flexibility index (Phi) is 2.05. The molecule has 1 N–H and O–H groups in total. The highest BCUT2D eigenvalue weighted by atomic mass is 16.4. The highest BCUT2D eigenvalue weighted by Crippen LogP contribution is 2.42. The number of carboxylic acids is 1. The molecule has 1 aromatic carbocycles. The molecule has 0 heterocycles. The first-order valence-corrected chi connectivity index (χ1v) is 4.57. The minimum absolute atomic E-state index is 0.151. The highest BCUT2D eigenvalue weighted by Gasteiger charge is 2.37. The lowest BCUT2D eigenvalue weighted by Gasteiger charge is -2.33. The van der Waals surface area contributed by atoms with Gasteiger partial charge in [-0.05, 0) is 24.3 Å². The lowest BCUT2D eigenvalue weighted by atomic mass is 9.70. The van der Waals surface area contributed by atoms with Crippen LogP contribution < -0.4 is 0 Å². The zero-order valence-corrected chi connectivity index (χ0v) is 7.31. The maximum absolute atomic E-state index is 10.8. The van der Waals surface area contributed by atoms with Gasteiger partial charge in [0, 0.05) is 0 Å². The Bertz CT molecular complexity index is 305. The van der Waals surface area contributed by atoms with Crippen molar-refractivity contribution in [3.63, 3.8) is 0 Å². The van der Waals surface area contributed by atoms with E-state index >= 15 is 0 Å². The molecule has 13 heavy (non-hydrogen) atoms. The molecular formula is C11H12O2. The van der Waals surface area contributed by atoms with Crippen LogP contribution in [0.15, 0.2) is 30.3 Å². The van der Waals surface area contributed by atoms with Crippen LogP contribution in [0.4, 0.5) is 0 Å². The summed E-state index contributed by atoms with van der Waals surface area (Å²) in [5, 5.41) is 8.86. The van der Waals surface area contributed by atoms with Crippen LogP contribution >= 0.6 is 0 Å². The summed E-state index contributed by atoms with van der Waals surface area (Å²) in [5.74, 6) is -0.554. The fraction of sp³-hybridized carbons (Fsp3) is 0.364. The molecule has 2 rings (SSSR count). The third-order valence-electron chi connectivity index (χ3n) is 2.82. The van der Waals surface area contributed by atoms with Gasteiger partial charge in [0.1, 0.15) is 0 Å². The van der Waals surface area contributed by atoms with Crippen molar-refractivity contribution < 1.29 is 9.90 Å². The van der Waals surface area contributed by atoms with E-state index in [4.69, 9.17) is 5.11 Å². The summed E-state index contributed by atoms with van der Waals surface area (Å²) in [4.78, 5) is 10.8. The van der Waals surface area contributed by atoms with Gasteiger partial charge in [0.2, 0.25) is 0 Å². The number of hydrogen-bond donors (Lipinski definition) is 1. The van der Waals surface area contributed by atoms with Crippen molar-refractivity contribution in [1.29, 1.82) is 0 Å². The molecule has 0 aliphatic heterocycles. The van der Waals surface area contributed by atoms with Crippen LogP contribution in [0.2, 0.25) is 0 Å². The Morgan fingerprint density at radius 3 is 2.38 bits per heavy atom. The average Bonchev–Trinajstić information content (AvgIpc) is 2.02. The summed E-state index contributed by atoms with van der Waals surface area (Å²) in [6, 6.07) is 9.91. The van der Waals surface area contributed by atoms with Gasteiger partial charge in [-0.1, -0.05) is 30.3 Å². The maximum atomic E-state index is 10.8. The molecule has 2 heteroatoms. The highest BCUT2D eigenvalue weighted by molar-refractivity contribution is 5.72. The van der Waals surface area contributed by atoms with Crippen LogP contribution in [-0.2, 0) is 4.79 Å². The van der Waals surface area contributed by atoms with E-state index in [-0.39, 0.29) is 11.8 Å². The zero-order chi connectivity index (χ0) is 9.26. The average molecular weight is 176 g/mol. The maximum Gasteiger partial charge on any atom is 0.307 e. The monoisotopic (exact) mass is 176 g/mol. The molecule has 0 unspecified atom stereocenters. The van der Waals surface area contributed by atoms with E-state index in [1.165, 1.54) is 5.56 Å². The van der Waals surface area contributed by atoms with Crippen molar-refractivity contribution in [3.05, 3.63) is 35.9 Å². The third kappa shape index (κ3) is 1.44. The first kappa shape index (κ1) is 8.30. The number of benzene rings is 1. The predicted octanol–water partition coefficient (Wildman–Crippen LogP) is 2.26. The predicted molar refractivity (Wildman–Crippen MR) is 49.5 cm³/mol. The van der Waals surface area contributed by atoms with Gasteiger partial charge in [-0.3, -0.25) is 4.79 Å². The van der Waals surface area contributed by atoms with E-state index in [2.05, 4.69) is 0 Å². The van der Waals surface area contributed by atoms with E-state index in [0.717, 1.165) is 12.8 Å². The van der Waals surface area contributed by atoms with E-state index in [1.54, 1.807) is 0 Å². The summed E-state index contributed by atoms with van der Waals surface area (Å²) in [5.41, 5.74) is 1.17. The lowest BCUT2D eigenvalue weighted by molar-refractivity contribution is -0.145. The van der Waals surface area contributed by atoms with Crippen molar-refractivity contribution in [2.75, 3.05) is 0 Å². The molecule has 0 aromatic heterocycles. The van der Waals surface area contributed by atoms with Gasteiger partial charge in [0.25, 0.3) is 0 Å². The summed E-state index contributed by atoms with van der Waals surface area (Å²) in [7, 11) is 0. The fourth-order valence-electron chi connectivity index (χ4n) is 1.89. The van der Waals surface area contributed by atoms with Crippen molar-refractivity contribution in [2.24, 2.45) is 5.92 Å². The van der Waals surface area contributed by atoms with Crippen LogP contribution in [0, 0.1) is 5.92 Å². The van der Waals surface area contributed by atoms with Crippen LogP contribution in [0.3, 0.4) is 0 Å². The van der Waals surface area contributed by atoms with Gasteiger partial charge in [-0.2, -0.15) is 0 Å². The smallest absolute Gasteiger partial charge is 0.307 e. The Morgan fingerprint density at radius 1 is 1.23 bits per heavy atom. The number of aliphatic carboxylic acids is 1. The Labute approximate surface area is 77.2 Å². The second-order valence-electron chi connectivity index (χ2n) is 3.54. The van der Waals surface area contributed by atoms with Gasteiger partial charge >= 0.3 is 5.97 Å².